The lowest BCUT2D eigenvalue weighted by molar-refractivity contribution is -0.142. The van der Waals surface area contributed by atoms with Gasteiger partial charge in [-0.05, 0) is 29.8 Å². The maximum Gasteiger partial charge on any atom is 0.438 e. The summed E-state index contributed by atoms with van der Waals surface area (Å²) in [7, 11) is 2.47. The second-order valence-electron chi connectivity index (χ2n) is 5.95. The van der Waals surface area contributed by atoms with Gasteiger partial charge in [-0.2, -0.15) is 18.3 Å². The van der Waals surface area contributed by atoms with Gasteiger partial charge in [0.15, 0.2) is 5.75 Å². The first-order chi connectivity index (χ1) is 13.2. The Morgan fingerprint density at radius 1 is 1.14 bits per heavy atom. The Labute approximate surface area is 163 Å². The highest BCUT2D eigenvalue weighted by atomic mass is 35.5. The van der Waals surface area contributed by atoms with Gasteiger partial charge in [-0.3, -0.25) is 4.68 Å². The SMILES string of the molecule is COc1c(C(F)(F)F)nn(C)c1-c1ccc(OCc2ccc(Cl)cc2)cc1O. The Balaban J connectivity index is 1.89. The normalized spacial score (nSPS) is 11.5. The lowest BCUT2D eigenvalue weighted by atomic mass is 10.1. The van der Waals surface area contributed by atoms with E-state index >= 15 is 0 Å². The number of aryl methyl sites for hydroxylation is 1. The minimum absolute atomic E-state index is 0.0107. The molecule has 1 N–H and O–H groups in total. The standard InChI is InChI=1S/C19H16ClF3N2O3/c1-25-16(17(27-2)18(24-25)19(21,22)23)14-8-7-13(9-15(14)26)28-10-11-3-5-12(20)6-4-11/h3-9,26H,10H2,1-2H3. The first-order valence-corrected chi connectivity index (χ1v) is 8.47. The number of aromatic hydroxyl groups is 1. The zero-order chi connectivity index (χ0) is 20.5. The number of aromatic nitrogens is 2. The molecule has 1 heterocycles. The van der Waals surface area contributed by atoms with Gasteiger partial charge in [-0.25, -0.2) is 0 Å². The number of methoxy groups -OCH3 is 1. The monoisotopic (exact) mass is 412 g/mol. The van der Waals surface area contributed by atoms with Crippen LogP contribution in [0.15, 0.2) is 42.5 Å². The summed E-state index contributed by atoms with van der Waals surface area (Å²) in [5.74, 6) is -0.364. The second kappa shape index (κ2) is 7.63. The summed E-state index contributed by atoms with van der Waals surface area (Å²) in [4.78, 5) is 0. The average molecular weight is 413 g/mol. The highest BCUT2D eigenvalue weighted by Gasteiger charge is 2.40. The van der Waals surface area contributed by atoms with Crippen LogP contribution in [0.5, 0.6) is 17.2 Å². The summed E-state index contributed by atoms with van der Waals surface area (Å²) in [6.45, 7) is 0.239. The molecule has 0 aliphatic rings. The van der Waals surface area contributed by atoms with Gasteiger partial charge in [0.1, 0.15) is 23.8 Å². The van der Waals surface area contributed by atoms with Crippen molar-refractivity contribution in [3.63, 3.8) is 0 Å². The lowest BCUT2D eigenvalue weighted by Gasteiger charge is -2.11. The molecule has 9 heteroatoms. The van der Waals surface area contributed by atoms with Gasteiger partial charge < -0.3 is 14.6 Å². The van der Waals surface area contributed by atoms with Crippen LogP contribution in [0, 0.1) is 0 Å². The first kappa shape index (κ1) is 19.9. The van der Waals surface area contributed by atoms with Gasteiger partial charge >= 0.3 is 6.18 Å². The molecule has 0 saturated carbocycles. The number of phenols is 1. The molecule has 148 valence electrons. The Hall–Kier alpha value is -2.87. The molecule has 0 radical (unpaired) electrons. The van der Waals surface area contributed by atoms with Gasteiger partial charge in [0, 0.05) is 23.7 Å². The van der Waals surface area contributed by atoms with Gasteiger partial charge in [-0.1, -0.05) is 23.7 Å². The van der Waals surface area contributed by atoms with E-state index in [2.05, 4.69) is 5.10 Å². The van der Waals surface area contributed by atoms with E-state index in [1.54, 1.807) is 30.3 Å². The van der Waals surface area contributed by atoms with Gasteiger partial charge in [0.05, 0.1) is 7.11 Å². The fourth-order valence-corrected chi connectivity index (χ4v) is 2.85. The van der Waals surface area contributed by atoms with Gasteiger partial charge in [0.25, 0.3) is 0 Å². The van der Waals surface area contributed by atoms with Crippen LogP contribution in [0.3, 0.4) is 0 Å². The van der Waals surface area contributed by atoms with Crippen molar-refractivity contribution < 1.29 is 27.8 Å². The van der Waals surface area contributed by atoms with Crippen LogP contribution in [0.4, 0.5) is 13.2 Å². The minimum Gasteiger partial charge on any atom is -0.507 e. The largest absolute Gasteiger partial charge is 0.507 e. The number of ether oxygens (including phenoxy) is 2. The van der Waals surface area contributed by atoms with Crippen LogP contribution in [-0.4, -0.2) is 22.0 Å². The van der Waals surface area contributed by atoms with Crippen molar-refractivity contribution in [2.75, 3.05) is 7.11 Å². The molecular weight excluding hydrogens is 397 g/mol. The topological polar surface area (TPSA) is 56.5 Å². The van der Waals surface area contributed by atoms with Crippen molar-refractivity contribution in [2.45, 2.75) is 12.8 Å². The van der Waals surface area contributed by atoms with E-state index in [0.29, 0.717) is 10.8 Å². The fourth-order valence-electron chi connectivity index (χ4n) is 2.73. The molecule has 0 aliphatic carbocycles. The van der Waals surface area contributed by atoms with E-state index in [1.165, 1.54) is 19.2 Å². The predicted octanol–water partition coefficient (Wildman–Crippen LogP) is 5.05. The number of nitrogens with zero attached hydrogens (tertiary/aromatic N) is 2. The van der Waals surface area contributed by atoms with E-state index in [4.69, 9.17) is 21.1 Å². The molecule has 0 saturated heterocycles. The first-order valence-electron chi connectivity index (χ1n) is 8.09. The molecule has 0 unspecified atom stereocenters. The van der Waals surface area contributed by atoms with Gasteiger partial charge in [0.2, 0.25) is 5.69 Å². The van der Waals surface area contributed by atoms with Crippen molar-refractivity contribution in [3.8, 4) is 28.5 Å². The lowest BCUT2D eigenvalue weighted by Crippen LogP contribution is -2.08. The number of hydrogen-bond acceptors (Lipinski definition) is 4. The molecule has 0 aliphatic heterocycles. The van der Waals surface area contributed by atoms with Crippen LogP contribution in [0.2, 0.25) is 5.02 Å². The van der Waals surface area contributed by atoms with Crippen molar-refractivity contribution >= 4 is 11.6 Å². The van der Waals surface area contributed by atoms with Crippen LogP contribution < -0.4 is 9.47 Å². The summed E-state index contributed by atoms with van der Waals surface area (Å²) in [6.07, 6.45) is -4.68. The van der Waals surface area contributed by atoms with Crippen LogP contribution in [0.25, 0.3) is 11.3 Å². The van der Waals surface area contributed by atoms with E-state index < -0.39 is 17.6 Å². The minimum atomic E-state index is -4.68. The fraction of sp³-hybridized carbons (Fsp3) is 0.211. The van der Waals surface area contributed by atoms with Crippen molar-refractivity contribution in [3.05, 3.63) is 58.7 Å². The summed E-state index contributed by atoms with van der Waals surface area (Å²) < 4.78 is 51.0. The number of phenolic OH excluding ortho intramolecular Hbond substituents is 1. The van der Waals surface area contributed by atoms with E-state index in [9.17, 15) is 18.3 Å². The highest BCUT2D eigenvalue weighted by Crippen LogP contribution is 2.44. The van der Waals surface area contributed by atoms with E-state index in [1.807, 2.05) is 0 Å². The predicted molar refractivity (Wildman–Crippen MR) is 97.6 cm³/mol. The Morgan fingerprint density at radius 3 is 2.39 bits per heavy atom. The molecule has 0 amide bonds. The molecular formula is C19H16ClF3N2O3. The number of alkyl halides is 3. The maximum atomic E-state index is 13.1. The highest BCUT2D eigenvalue weighted by molar-refractivity contribution is 6.30. The molecule has 0 atom stereocenters. The number of hydrogen-bond donors (Lipinski definition) is 1. The molecule has 3 rings (SSSR count). The third kappa shape index (κ3) is 4.01. The average Bonchev–Trinajstić information content (AvgIpc) is 2.98. The summed E-state index contributed by atoms with van der Waals surface area (Å²) in [5.41, 5.74) is -0.135. The third-order valence-electron chi connectivity index (χ3n) is 4.02. The maximum absolute atomic E-state index is 13.1. The summed E-state index contributed by atoms with van der Waals surface area (Å²) in [6, 6.07) is 11.4. The number of halogens is 4. The number of benzene rings is 2. The Bertz CT molecular complexity index is 985. The third-order valence-corrected chi connectivity index (χ3v) is 4.27. The van der Waals surface area contributed by atoms with E-state index in [0.717, 1.165) is 17.4 Å². The van der Waals surface area contributed by atoms with Crippen molar-refractivity contribution in [2.24, 2.45) is 7.05 Å². The molecule has 0 bridgehead atoms. The van der Waals surface area contributed by atoms with Crippen LogP contribution in [-0.2, 0) is 19.8 Å². The summed E-state index contributed by atoms with van der Waals surface area (Å²) in [5, 5.41) is 14.5. The quantitative estimate of drug-likeness (QED) is 0.637. The summed E-state index contributed by atoms with van der Waals surface area (Å²) >= 11 is 5.83. The zero-order valence-electron chi connectivity index (χ0n) is 14.9. The smallest absolute Gasteiger partial charge is 0.438 e. The molecule has 2 aromatic carbocycles. The Morgan fingerprint density at radius 2 is 1.82 bits per heavy atom. The molecule has 28 heavy (non-hydrogen) atoms. The molecule has 1 aromatic heterocycles. The Kier molecular flexibility index (Phi) is 5.42. The van der Waals surface area contributed by atoms with E-state index in [-0.39, 0.29) is 23.6 Å². The zero-order valence-corrected chi connectivity index (χ0v) is 15.7. The molecule has 0 fully saturated rings. The second-order valence-corrected chi connectivity index (χ2v) is 6.38. The van der Waals surface area contributed by atoms with Crippen LogP contribution >= 0.6 is 11.6 Å². The van der Waals surface area contributed by atoms with Crippen molar-refractivity contribution in [1.82, 2.24) is 9.78 Å². The number of rotatable bonds is 5. The molecule has 0 spiro atoms. The molecule has 5 nitrogen and oxygen atoms in total. The van der Waals surface area contributed by atoms with Gasteiger partial charge in [-0.15, -0.1) is 0 Å². The van der Waals surface area contributed by atoms with Crippen molar-refractivity contribution in [1.29, 1.82) is 0 Å². The van der Waals surface area contributed by atoms with Crippen LogP contribution in [0.1, 0.15) is 11.3 Å². The molecule has 3 aromatic rings.